The van der Waals surface area contributed by atoms with Crippen molar-refractivity contribution in [3.05, 3.63) is 42.1 Å². The molecule has 19 heavy (non-hydrogen) atoms. The Morgan fingerprint density at radius 1 is 1.32 bits per heavy atom. The Labute approximate surface area is 112 Å². The first-order chi connectivity index (χ1) is 9.17. The SMILES string of the molecule is CCCn1ccc(NC(=O)Nc2cccc(C)c2)n1. The van der Waals surface area contributed by atoms with E-state index in [9.17, 15) is 4.79 Å². The fourth-order valence-corrected chi connectivity index (χ4v) is 1.78. The van der Waals surface area contributed by atoms with Crippen molar-refractivity contribution in [1.29, 1.82) is 0 Å². The number of nitrogens with zero attached hydrogens (tertiary/aromatic N) is 2. The molecule has 0 aliphatic rings. The van der Waals surface area contributed by atoms with E-state index in [0.29, 0.717) is 5.82 Å². The molecule has 1 heterocycles. The number of anilines is 2. The zero-order chi connectivity index (χ0) is 13.7. The van der Waals surface area contributed by atoms with Crippen LogP contribution in [-0.2, 0) is 6.54 Å². The Kier molecular flexibility index (Phi) is 4.18. The van der Waals surface area contributed by atoms with Gasteiger partial charge in [-0.25, -0.2) is 4.79 Å². The highest BCUT2D eigenvalue weighted by atomic mass is 16.2. The second kappa shape index (κ2) is 6.04. The summed E-state index contributed by atoms with van der Waals surface area (Å²) in [6, 6.07) is 9.15. The molecule has 0 fully saturated rings. The van der Waals surface area contributed by atoms with Gasteiger partial charge < -0.3 is 5.32 Å². The van der Waals surface area contributed by atoms with Crippen LogP contribution in [0.4, 0.5) is 16.3 Å². The van der Waals surface area contributed by atoms with Gasteiger partial charge in [-0.1, -0.05) is 19.1 Å². The smallest absolute Gasteiger partial charge is 0.308 e. The molecule has 0 unspecified atom stereocenters. The second-order valence-corrected chi connectivity index (χ2v) is 4.41. The van der Waals surface area contributed by atoms with Gasteiger partial charge in [0.2, 0.25) is 0 Å². The monoisotopic (exact) mass is 258 g/mol. The lowest BCUT2D eigenvalue weighted by Gasteiger charge is -2.06. The summed E-state index contributed by atoms with van der Waals surface area (Å²) < 4.78 is 1.81. The minimum absolute atomic E-state index is 0.285. The molecule has 0 spiro atoms. The van der Waals surface area contributed by atoms with E-state index >= 15 is 0 Å². The highest BCUT2D eigenvalue weighted by Gasteiger charge is 2.05. The molecule has 0 radical (unpaired) electrons. The van der Waals surface area contributed by atoms with Gasteiger partial charge in [-0.15, -0.1) is 0 Å². The van der Waals surface area contributed by atoms with Gasteiger partial charge in [0, 0.05) is 24.5 Å². The quantitative estimate of drug-likeness (QED) is 0.884. The van der Waals surface area contributed by atoms with Crippen LogP contribution in [0, 0.1) is 6.92 Å². The molecular formula is C14H18N4O. The average Bonchev–Trinajstić information content (AvgIpc) is 2.77. The number of benzene rings is 1. The van der Waals surface area contributed by atoms with Gasteiger partial charge in [-0.3, -0.25) is 10.00 Å². The van der Waals surface area contributed by atoms with E-state index in [1.807, 2.05) is 42.1 Å². The van der Waals surface area contributed by atoms with Crippen LogP contribution in [0.25, 0.3) is 0 Å². The van der Waals surface area contributed by atoms with Gasteiger partial charge in [-0.2, -0.15) is 5.10 Å². The van der Waals surface area contributed by atoms with E-state index in [1.54, 1.807) is 6.07 Å². The molecule has 2 amide bonds. The number of hydrogen-bond donors (Lipinski definition) is 2. The first-order valence-corrected chi connectivity index (χ1v) is 6.35. The predicted octanol–water partition coefficient (Wildman–Crippen LogP) is 3.25. The van der Waals surface area contributed by atoms with Crippen molar-refractivity contribution in [2.24, 2.45) is 0 Å². The molecule has 0 saturated heterocycles. The third-order valence-electron chi connectivity index (χ3n) is 2.61. The number of carbonyl (C=O) groups is 1. The topological polar surface area (TPSA) is 59.0 Å². The zero-order valence-corrected chi connectivity index (χ0v) is 11.2. The number of aromatic nitrogens is 2. The van der Waals surface area contributed by atoms with Gasteiger partial charge in [-0.05, 0) is 31.0 Å². The van der Waals surface area contributed by atoms with Crippen LogP contribution in [0.15, 0.2) is 36.5 Å². The molecule has 0 bridgehead atoms. The van der Waals surface area contributed by atoms with Crippen molar-refractivity contribution in [3.63, 3.8) is 0 Å². The first-order valence-electron chi connectivity index (χ1n) is 6.35. The van der Waals surface area contributed by atoms with Crippen LogP contribution in [-0.4, -0.2) is 15.8 Å². The van der Waals surface area contributed by atoms with Crippen molar-refractivity contribution in [2.45, 2.75) is 26.8 Å². The summed E-state index contributed by atoms with van der Waals surface area (Å²) in [5.41, 5.74) is 1.87. The minimum Gasteiger partial charge on any atom is -0.308 e. The van der Waals surface area contributed by atoms with Crippen molar-refractivity contribution in [2.75, 3.05) is 10.6 Å². The van der Waals surface area contributed by atoms with Gasteiger partial charge in [0.1, 0.15) is 0 Å². The molecule has 2 N–H and O–H groups in total. The summed E-state index contributed by atoms with van der Waals surface area (Å²) in [6.45, 7) is 4.91. The summed E-state index contributed by atoms with van der Waals surface area (Å²) in [5.74, 6) is 0.554. The minimum atomic E-state index is -0.285. The Balaban J connectivity index is 1.93. The molecule has 0 saturated carbocycles. The van der Waals surface area contributed by atoms with E-state index in [4.69, 9.17) is 0 Å². The summed E-state index contributed by atoms with van der Waals surface area (Å²) >= 11 is 0. The number of nitrogens with one attached hydrogen (secondary N) is 2. The van der Waals surface area contributed by atoms with Crippen molar-refractivity contribution in [1.82, 2.24) is 9.78 Å². The van der Waals surface area contributed by atoms with E-state index in [-0.39, 0.29) is 6.03 Å². The number of urea groups is 1. The number of aryl methyl sites for hydroxylation is 2. The predicted molar refractivity (Wildman–Crippen MR) is 76.3 cm³/mol. The zero-order valence-electron chi connectivity index (χ0n) is 11.2. The van der Waals surface area contributed by atoms with E-state index in [0.717, 1.165) is 24.2 Å². The fraction of sp³-hybridized carbons (Fsp3) is 0.286. The lowest BCUT2D eigenvalue weighted by atomic mass is 10.2. The molecule has 2 rings (SSSR count). The average molecular weight is 258 g/mol. The first kappa shape index (κ1) is 13.1. The van der Waals surface area contributed by atoms with Crippen LogP contribution < -0.4 is 10.6 Å². The van der Waals surface area contributed by atoms with Gasteiger partial charge in [0.25, 0.3) is 0 Å². The third kappa shape index (κ3) is 3.84. The number of hydrogen-bond acceptors (Lipinski definition) is 2. The summed E-state index contributed by atoms with van der Waals surface area (Å²) in [7, 11) is 0. The van der Waals surface area contributed by atoms with Crippen molar-refractivity contribution < 1.29 is 4.79 Å². The molecular weight excluding hydrogens is 240 g/mol. The largest absolute Gasteiger partial charge is 0.324 e. The molecule has 1 aromatic carbocycles. The van der Waals surface area contributed by atoms with Gasteiger partial charge in [0.15, 0.2) is 5.82 Å². The molecule has 1 aromatic heterocycles. The third-order valence-corrected chi connectivity index (χ3v) is 2.61. The van der Waals surface area contributed by atoms with Crippen molar-refractivity contribution >= 4 is 17.5 Å². The molecule has 0 aliphatic heterocycles. The summed E-state index contributed by atoms with van der Waals surface area (Å²) in [5, 5.41) is 9.72. The second-order valence-electron chi connectivity index (χ2n) is 4.41. The highest BCUT2D eigenvalue weighted by molar-refractivity contribution is 5.99. The van der Waals surface area contributed by atoms with Gasteiger partial charge >= 0.3 is 6.03 Å². The number of amides is 2. The maximum absolute atomic E-state index is 11.8. The normalized spacial score (nSPS) is 10.2. The standard InChI is InChI=1S/C14H18N4O/c1-3-8-18-9-7-13(17-18)16-14(19)15-12-6-4-5-11(2)10-12/h4-7,9-10H,3,8H2,1-2H3,(H2,15,16,17,19). The van der Waals surface area contributed by atoms with Crippen LogP contribution in [0.5, 0.6) is 0 Å². The molecule has 2 aromatic rings. The maximum atomic E-state index is 11.8. The molecule has 100 valence electrons. The molecule has 0 aliphatic carbocycles. The molecule has 5 heteroatoms. The molecule has 5 nitrogen and oxygen atoms in total. The fourth-order valence-electron chi connectivity index (χ4n) is 1.78. The van der Waals surface area contributed by atoms with Crippen molar-refractivity contribution in [3.8, 4) is 0 Å². The van der Waals surface area contributed by atoms with Gasteiger partial charge in [0.05, 0.1) is 0 Å². The maximum Gasteiger partial charge on any atom is 0.324 e. The Morgan fingerprint density at radius 3 is 2.89 bits per heavy atom. The van der Waals surface area contributed by atoms with Crippen LogP contribution in [0.2, 0.25) is 0 Å². The van der Waals surface area contributed by atoms with E-state index < -0.39 is 0 Å². The van der Waals surface area contributed by atoms with Crippen LogP contribution >= 0.6 is 0 Å². The lowest BCUT2D eigenvalue weighted by molar-refractivity contribution is 0.262. The molecule has 0 atom stereocenters. The Morgan fingerprint density at radius 2 is 2.16 bits per heavy atom. The number of rotatable bonds is 4. The number of carbonyl (C=O) groups excluding carboxylic acids is 1. The van der Waals surface area contributed by atoms with Crippen LogP contribution in [0.1, 0.15) is 18.9 Å². The summed E-state index contributed by atoms with van der Waals surface area (Å²) in [4.78, 5) is 11.8. The lowest BCUT2D eigenvalue weighted by Crippen LogP contribution is -2.19. The summed E-state index contributed by atoms with van der Waals surface area (Å²) in [6.07, 6.45) is 2.86. The Hall–Kier alpha value is -2.30. The Bertz CT molecular complexity index is 562. The van der Waals surface area contributed by atoms with E-state index in [1.165, 1.54) is 0 Å². The van der Waals surface area contributed by atoms with Crippen LogP contribution in [0.3, 0.4) is 0 Å². The van der Waals surface area contributed by atoms with E-state index in [2.05, 4.69) is 22.7 Å². The highest BCUT2D eigenvalue weighted by Crippen LogP contribution is 2.10.